The fourth-order valence-corrected chi connectivity index (χ4v) is 3.10. The molecular formula is C14H25N3O2. The Bertz CT molecular complexity index is 397. The number of nitrogens with zero attached hydrogens (tertiary/aromatic N) is 1. The van der Waals surface area contributed by atoms with Crippen molar-refractivity contribution in [1.29, 1.82) is 0 Å². The minimum atomic E-state index is -0.702. The minimum absolute atomic E-state index is 0.157. The van der Waals surface area contributed by atoms with Gasteiger partial charge < -0.3 is 11.1 Å². The molecule has 5 nitrogen and oxygen atoms in total. The molecule has 108 valence electrons. The lowest BCUT2D eigenvalue weighted by molar-refractivity contribution is -0.127. The number of rotatable bonds is 2. The van der Waals surface area contributed by atoms with Crippen LogP contribution < -0.4 is 11.1 Å². The molecule has 0 aromatic rings. The lowest BCUT2D eigenvalue weighted by Gasteiger charge is -2.48. The highest BCUT2D eigenvalue weighted by Gasteiger charge is 2.42. The van der Waals surface area contributed by atoms with Gasteiger partial charge in [0.25, 0.3) is 5.91 Å². The van der Waals surface area contributed by atoms with Crippen LogP contribution in [-0.2, 0) is 4.79 Å². The quantitative estimate of drug-likeness (QED) is 0.749. The predicted molar refractivity (Wildman–Crippen MR) is 75.6 cm³/mol. The second-order valence-electron chi connectivity index (χ2n) is 6.75. The van der Waals surface area contributed by atoms with E-state index in [2.05, 4.69) is 39.6 Å². The molecule has 0 spiro atoms. The van der Waals surface area contributed by atoms with E-state index in [1.54, 1.807) is 6.92 Å². The standard InChI is InChI=1S/C14H25N3O2/c1-9(2)11(18)17(12(15)19)10-7-13(3,4)16-14(5,6)8-10/h10,16H,1,7-8H2,2-6H3,(H2,15,19). The summed E-state index contributed by atoms with van der Waals surface area (Å²) in [6.07, 6.45) is 1.36. The first-order chi connectivity index (χ1) is 8.45. The van der Waals surface area contributed by atoms with Gasteiger partial charge in [0.2, 0.25) is 0 Å². The van der Waals surface area contributed by atoms with E-state index in [1.807, 2.05) is 0 Å². The second kappa shape index (κ2) is 4.96. The lowest BCUT2D eigenvalue weighted by Crippen LogP contribution is -2.64. The summed E-state index contributed by atoms with van der Waals surface area (Å²) in [6.45, 7) is 13.4. The predicted octanol–water partition coefficient (Wildman–Crippen LogP) is 1.78. The van der Waals surface area contributed by atoms with Gasteiger partial charge in [0.15, 0.2) is 0 Å². The Balaban J connectivity index is 3.06. The van der Waals surface area contributed by atoms with E-state index >= 15 is 0 Å². The molecular weight excluding hydrogens is 242 g/mol. The number of carbonyl (C=O) groups is 2. The number of carbonyl (C=O) groups excluding carboxylic acids is 2. The molecule has 1 heterocycles. The van der Waals surface area contributed by atoms with E-state index in [4.69, 9.17) is 5.73 Å². The number of nitrogens with one attached hydrogen (secondary N) is 1. The summed E-state index contributed by atoms with van der Waals surface area (Å²) in [4.78, 5) is 24.9. The lowest BCUT2D eigenvalue weighted by atomic mass is 9.79. The van der Waals surface area contributed by atoms with Gasteiger partial charge in [-0.25, -0.2) is 4.79 Å². The highest BCUT2D eigenvalue weighted by molar-refractivity contribution is 6.03. The molecule has 3 amide bonds. The molecule has 1 rings (SSSR count). The number of imide groups is 1. The van der Waals surface area contributed by atoms with Gasteiger partial charge in [-0.2, -0.15) is 0 Å². The Morgan fingerprint density at radius 1 is 1.21 bits per heavy atom. The van der Waals surface area contributed by atoms with Gasteiger partial charge >= 0.3 is 6.03 Å². The fraction of sp³-hybridized carbons (Fsp3) is 0.714. The van der Waals surface area contributed by atoms with Crippen molar-refractivity contribution >= 4 is 11.9 Å². The number of hydrogen-bond donors (Lipinski definition) is 2. The molecule has 0 aromatic carbocycles. The van der Waals surface area contributed by atoms with Crippen molar-refractivity contribution in [1.82, 2.24) is 10.2 Å². The maximum Gasteiger partial charge on any atom is 0.322 e. The SMILES string of the molecule is C=C(C)C(=O)N(C(N)=O)C1CC(C)(C)NC(C)(C)C1. The molecule has 5 heteroatoms. The first-order valence-corrected chi connectivity index (χ1v) is 6.53. The van der Waals surface area contributed by atoms with E-state index in [0.717, 1.165) is 4.90 Å². The fourth-order valence-electron chi connectivity index (χ4n) is 3.10. The van der Waals surface area contributed by atoms with Gasteiger partial charge in [-0.05, 0) is 47.5 Å². The van der Waals surface area contributed by atoms with Gasteiger partial charge in [0.1, 0.15) is 0 Å². The summed E-state index contributed by atoms with van der Waals surface area (Å²) in [5.74, 6) is -0.383. The van der Waals surface area contributed by atoms with Crippen LogP contribution in [0.1, 0.15) is 47.5 Å². The molecule has 0 saturated carbocycles. The summed E-state index contributed by atoms with van der Waals surface area (Å²) in [5, 5.41) is 3.51. The highest BCUT2D eigenvalue weighted by Crippen LogP contribution is 2.32. The first kappa shape index (κ1) is 15.7. The third-order valence-electron chi connectivity index (χ3n) is 3.36. The molecule has 0 radical (unpaired) electrons. The first-order valence-electron chi connectivity index (χ1n) is 6.53. The normalized spacial score (nSPS) is 21.7. The van der Waals surface area contributed by atoms with Gasteiger partial charge in [0.05, 0.1) is 0 Å². The van der Waals surface area contributed by atoms with Crippen LogP contribution in [0.4, 0.5) is 4.79 Å². The summed E-state index contributed by atoms with van der Waals surface area (Å²) in [5.41, 5.74) is 5.40. The van der Waals surface area contributed by atoms with Crippen LogP contribution in [-0.4, -0.2) is 34.0 Å². The zero-order valence-corrected chi connectivity index (χ0v) is 12.5. The van der Waals surface area contributed by atoms with Crippen molar-refractivity contribution in [3.05, 3.63) is 12.2 Å². The molecule has 0 unspecified atom stereocenters. The summed E-state index contributed by atoms with van der Waals surface area (Å²) < 4.78 is 0. The molecule has 0 bridgehead atoms. The highest BCUT2D eigenvalue weighted by atomic mass is 16.2. The Hall–Kier alpha value is -1.36. The number of amides is 3. The van der Waals surface area contributed by atoms with Crippen molar-refractivity contribution < 1.29 is 9.59 Å². The molecule has 0 atom stereocenters. The zero-order valence-electron chi connectivity index (χ0n) is 12.5. The van der Waals surface area contributed by atoms with Crippen molar-refractivity contribution in [3.8, 4) is 0 Å². The minimum Gasteiger partial charge on any atom is -0.351 e. The molecule has 1 saturated heterocycles. The van der Waals surface area contributed by atoms with E-state index in [9.17, 15) is 9.59 Å². The van der Waals surface area contributed by atoms with E-state index in [0.29, 0.717) is 18.4 Å². The largest absolute Gasteiger partial charge is 0.351 e. The maximum absolute atomic E-state index is 12.1. The number of nitrogens with two attached hydrogens (primary N) is 1. The molecule has 1 fully saturated rings. The molecule has 3 N–H and O–H groups in total. The van der Waals surface area contributed by atoms with Crippen LogP contribution in [0.2, 0.25) is 0 Å². The van der Waals surface area contributed by atoms with Crippen molar-refractivity contribution in [2.45, 2.75) is 64.6 Å². The van der Waals surface area contributed by atoms with Crippen LogP contribution >= 0.6 is 0 Å². The van der Waals surface area contributed by atoms with E-state index in [-0.39, 0.29) is 23.0 Å². The van der Waals surface area contributed by atoms with Crippen molar-refractivity contribution in [2.24, 2.45) is 5.73 Å². The molecule has 0 aromatic heterocycles. The van der Waals surface area contributed by atoms with Crippen LogP contribution in [0.5, 0.6) is 0 Å². The molecule has 0 aliphatic carbocycles. The molecule has 1 aliphatic rings. The maximum atomic E-state index is 12.1. The van der Waals surface area contributed by atoms with E-state index in [1.165, 1.54) is 0 Å². The van der Waals surface area contributed by atoms with E-state index < -0.39 is 6.03 Å². The Labute approximate surface area is 115 Å². The zero-order chi connectivity index (χ0) is 15.0. The average Bonchev–Trinajstić information content (AvgIpc) is 2.11. The topological polar surface area (TPSA) is 75.4 Å². The molecule has 1 aliphatic heterocycles. The van der Waals surface area contributed by atoms with Gasteiger partial charge in [-0.3, -0.25) is 9.69 Å². The number of urea groups is 1. The summed E-state index contributed by atoms with van der Waals surface area (Å²) >= 11 is 0. The van der Waals surface area contributed by atoms with Crippen LogP contribution in [0.25, 0.3) is 0 Å². The molecule has 19 heavy (non-hydrogen) atoms. The van der Waals surface area contributed by atoms with Crippen molar-refractivity contribution in [3.63, 3.8) is 0 Å². The van der Waals surface area contributed by atoms with Crippen molar-refractivity contribution in [2.75, 3.05) is 0 Å². The third kappa shape index (κ3) is 3.80. The second-order valence-corrected chi connectivity index (χ2v) is 6.75. The van der Waals surface area contributed by atoms with Crippen LogP contribution in [0, 0.1) is 0 Å². The van der Waals surface area contributed by atoms with Gasteiger partial charge in [-0.15, -0.1) is 0 Å². The smallest absolute Gasteiger partial charge is 0.322 e. The van der Waals surface area contributed by atoms with Gasteiger partial charge in [-0.1, -0.05) is 6.58 Å². The summed E-state index contributed by atoms with van der Waals surface area (Å²) in [6, 6.07) is -0.903. The monoisotopic (exact) mass is 267 g/mol. The Kier molecular flexibility index (Phi) is 4.10. The summed E-state index contributed by atoms with van der Waals surface area (Å²) in [7, 11) is 0. The Morgan fingerprint density at radius 2 is 1.63 bits per heavy atom. The third-order valence-corrected chi connectivity index (χ3v) is 3.36. The number of hydrogen-bond acceptors (Lipinski definition) is 3. The average molecular weight is 267 g/mol. The Morgan fingerprint density at radius 3 is 1.95 bits per heavy atom. The van der Waals surface area contributed by atoms with Gasteiger partial charge in [0, 0.05) is 22.7 Å². The van der Waals surface area contributed by atoms with Crippen LogP contribution in [0.3, 0.4) is 0 Å². The van der Waals surface area contributed by atoms with Crippen LogP contribution in [0.15, 0.2) is 12.2 Å². The number of primary amides is 1. The number of piperidine rings is 1.